The van der Waals surface area contributed by atoms with E-state index in [1.807, 2.05) is 23.2 Å². The second-order valence-corrected chi connectivity index (χ2v) is 7.50. The molecule has 2 aliphatic rings. The Morgan fingerprint density at radius 2 is 2.20 bits per heavy atom. The van der Waals surface area contributed by atoms with Crippen LogP contribution in [0.15, 0.2) is 30.5 Å². The van der Waals surface area contributed by atoms with E-state index in [1.165, 1.54) is 16.6 Å². The van der Waals surface area contributed by atoms with Crippen molar-refractivity contribution in [2.24, 2.45) is 5.92 Å². The number of aromatic amines is 1. The summed E-state index contributed by atoms with van der Waals surface area (Å²) in [5.41, 5.74) is 4.74. The van der Waals surface area contributed by atoms with Crippen LogP contribution in [0.2, 0.25) is 5.02 Å². The molecule has 0 bridgehead atoms. The molecule has 25 heavy (non-hydrogen) atoms. The number of aromatic nitrogens is 3. The van der Waals surface area contributed by atoms with Crippen LogP contribution in [-0.4, -0.2) is 32.1 Å². The van der Waals surface area contributed by atoms with Crippen LogP contribution >= 0.6 is 11.6 Å². The van der Waals surface area contributed by atoms with Crippen molar-refractivity contribution in [1.82, 2.24) is 19.7 Å². The number of amides is 1. The van der Waals surface area contributed by atoms with Crippen LogP contribution in [0.5, 0.6) is 0 Å². The van der Waals surface area contributed by atoms with E-state index in [0.29, 0.717) is 6.54 Å². The molecule has 5 nitrogen and oxygen atoms in total. The van der Waals surface area contributed by atoms with E-state index in [1.54, 1.807) is 0 Å². The van der Waals surface area contributed by atoms with Crippen LogP contribution in [0.4, 0.5) is 0 Å². The molecule has 6 heteroatoms. The number of carbonyl (C=O) groups excluding carboxylic acids is 1. The quantitative estimate of drug-likeness (QED) is 0.729. The van der Waals surface area contributed by atoms with E-state index < -0.39 is 0 Å². The molecule has 0 spiro atoms. The maximum atomic E-state index is 13.0. The Balaban J connectivity index is 1.38. The van der Waals surface area contributed by atoms with Gasteiger partial charge in [0.15, 0.2) is 0 Å². The molecule has 1 aliphatic heterocycles. The van der Waals surface area contributed by atoms with Gasteiger partial charge in [-0.1, -0.05) is 17.7 Å². The minimum Gasteiger partial charge on any atom is -0.341 e. The van der Waals surface area contributed by atoms with Crippen LogP contribution in [0.25, 0.3) is 10.9 Å². The Kier molecular flexibility index (Phi) is 3.38. The number of aryl methyl sites for hydroxylation is 1. The van der Waals surface area contributed by atoms with Crippen molar-refractivity contribution in [2.75, 3.05) is 6.54 Å². The average Bonchev–Trinajstić information content (AvgIpc) is 3.23. The van der Waals surface area contributed by atoms with Crippen molar-refractivity contribution in [3.8, 4) is 0 Å². The second-order valence-electron chi connectivity index (χ2n) is 7.06. The lowest BCUT2D eigenvalue weighted by Crippen LogP contribution is -2.42. The fraction of sp³-hybridized carbons (Fsp3) is 0.368. The van der Waals surface area contributed by atoms with E-state index in [2.05, 4.69) is 26.9 Å². The molecule has 0 fully saturated rings. The van der Waals surface area contributed by atoms with Crippen LogP contribution < -0.4 is 0 Å². The molecule has 5 rings (SSSR count). The summed E-state index contributed by atoms with van der Waals surface area (Å²) >= 11 is 6.14. The summed E-state index contributed by atoms with van der Waals surface area (Å²) in [5, 5.41) is 9.10. The monoisotopic (exact) mass is 354 g/mol. The van der Waals surface area contributed by atoms with E-state index in [-0.39, 0.29) is 11.8 Å². The van der Waals surface area contributed by atoms with Crippen molar-refractivity contribution in [2.45, 2.75) is 32.4 Å². The summed E-state index contributed by atoms with van der Waals surface area (Å²) in [7, 11) is 0. The highest BCUT2D eigenvalue weighted by Crippen LogP contribution is 2.29. The Labute approximate surface area is 150 Å². The fourth-order valence-electron chi connectivity index (χ4n) is 4.24. The molecule has 1 amide bonds. The van der Waals surface area contributed by atoms with E-state index >= 15 is 0 Å². The summed E-state index contributed by atoms with van der Waals surface area (Å²) in [6.45, 7) is 2.26. The first-order valence-corrected chi connectivity index (χ1v) is 9.14. The van der Waals surface area contributed by atoms with Gasteiger partial charge in [0.25, 0.3) is 0 Å². The summed E-state index contributed by atoms with van der Waals surface area (Å²) in [4.78, 5) is 15.0. The number of nitrogens with one attached hydrogen (secondary N) is 1. The number of fused-ring (bicyclic) bond motifs is 4. The van der Waals surface area contributed by atoms with Gasteiger partial charge in [-0.2, -0.15) is 5.10 Å². The summed E-state index contributed by atoms with van der Waals surface area (Å²) < 4.78 is 2.29. The molecular formula is C19H19ClN4O. The van der Waals surface area contributed by atoms with Crippen molar-refractivity contribution in [3.05, 3.63) is 52.4 Å². The molecule has 1 aliphatic carbocycles. The lowest BCUT2D eigenvalue weighted by molar-refractivity contribution is -0.137. The van der Waals surface area contributed by atoms with Crippen LogP contribution in [0, 0.1) is 5.92 Å². The number of hydrogen-bond acceptors (Lipinski definition) is 2. The van der Waals surface area contributed by atoms with Gasteiger partial charge in [-0.3, -0.25) is 9.89 Å². The van der Waals surface area contributed by atoms with Crippen LogP contribution in [0.1, 0.15) is 23.4 Å². The van der Waals surface area contributed by atoms with Crippen LogP contribution in [0.3, 0.4) is 0 Å². The molecule has 3 aromatic rings. The smallest absolute Gasteiger partial charge is 0.226 e. The second kappa shape index (κ2) is 5.63. The third kappa shape index (κ3) is 2.45. The molecule has 0 saturated carbocycles. The maximum Gasteiger partial charge on any atom is 0.226 e. The highest BCUT2D eigenvalue weighted by molar-refractivity contribution is 6.31. The lowest BCUT2D eigenvalue weighted by atomic mass is 9.87. The SMILES string of the molecule is O=C(C1CCc2cn[nH]c2C1)N1CCn2c(cc3ccc(Cl)cc32)C1. The van der Waals surface area contributed by atoms with Gasteiger partial charge in [-0.15, -0.1) is 0 Å². The molecule has 1 N–H and O–H groups in total. The molecule has 0 saturated heterocycles. The third-order valence-electron chi connectivity index (χ3n) is 5.58. The zero-order valence-electron chi connectivity index (χ0n) is 13.8. The van der Waals surface area contributed by atoms with Gasteiger partial charge in [0.05, 0.1) is 12.7 Å². The van der Waals surface area contributed by atoms with E-state index in [0.717, 1.165) is 48.6 Å². The van der Waals surface area contributed by atoms with Gasteiger partial charge >= 0.3 is 0 Å². The molecule has 2 aromatic heterocycles. The zero-order chi connectivity index (χ0) is 17.0. The van der Waals surface area contributed by atoms with Crippen molar-refractivity contribution in [1.29, 1.82) is 0 Å². The zero-order valence-corrected chi connectivity index (χ0v) is 14.6. The van der Waals surface area contributed by atoms with Gasteiger partial charge in [-0.25, -0.2) is 0 Å². The number of benzene rings is 1. The summed E-state index contributed by atoms with van der Waals surface area (Å²) in [6.07, 6.45) is 4.53. The highest BCUT2D eigenvalue weighted by Gasteiger charge is 2.31. The number of rotatable bonds is 1. The minimum absolute atomic E-state index is 0.0679. The van der Waals surface area contributed by atoms with Crippen molar-refractivity contribution >= 4 is 28.4 Å². The number of halogens is 1. The predicted octanol–water partition coefficient (Wildman–Crippen LogP) is 3.17. The van der Waals surface area contributed by atoms with E-state index in [9.17, 15) is 4.79 Å². The van der Waals surface area contributed by atoms with Gasteiger partial charge in [0, 0.05) is 52.7 Å². The van der Waals surface area contributed by atoms with Gasteiger partial charge in [0.2, 0.25) is 5.91 Å². The lowest BCUT2D eigenvalue weighted by Gasteiger charge is -2.33. The first-order valence-electron chi connectivity index (χ1n) is 8.76. The number of hydrogen-bond donors (Lipinski definition) is 1. The van der Waals surface area contributed by atoms with Crippen LogP contribution in [-0.2, 0) is 30.7 Å². The highest BCUT2D eigenvalue weighted by atomic mass is 35.5. The van der Waals surface area contributed by atoms with Gasteiger partial charge in [0.1, 0.15) is 0 Å². The Morgan fingerprint density at radius 3 is 3.12 bits per heavy atom. The van der Waals surface area contributed by atoms with Crippen molar-refractivity contribution < 1.29 is 4.79 Å². The number of H-pyrrole nitrogens is 1. The summed E-state index contributed by atoms with van der Waals surface area (Å²) in [6, 6.07) is 8.16. The largest absolute Gasteiger partial charge is 0.341 e. The maximum absolute atomic E-state index is 13.0. The van der Waals surface area contributed by atoms with Crippen molar-refractivity contribution in [3.63, 3.8) is 0 Å². The molecular weight excluding hydrogens is 336 g/mol. The average molecular weight is 355 g/mol. The molecule has 128 valence electrons. The van der Waals surface area contributed by atoms with Gasteiger partial charge in [-0.05, 0) is 36.6 Å². The normalized spacial score (nSPS) is 19.7. The fourth-order valence-corrected chi connectivity index (χ4v) is 4.41. The first-order chi connectivity index (χ1) is 12.2. The molecule has 0 radical (unpaired) electrons. The Morgan fingerprint density at radius 1 is 1.28 bits per heavy atom. The Bertz CT molecular complexity index is 973. The molecule has 1 atom stereocenters. The first kappa shape index (κ1) is 15.0. The van der Waals surface area contributed by atoms with E-state index in [4.69, 9.17) is 11.6 Å². The minimum atomic E-state index is 0.0679. The summed E-state index contributed by atoms with van der Waals surface area (Å²) in [5.74, 6) is 0.341. The molecule has 1 unspecified atom stereocenters. The molecule has 3 heterocycles. The van der Waals surface area contributed by atoms with Gasteiger partial charge < -0.3 is 9.47 Å². The standard InChI is InChI=1S/C19H19ClN4O/c20-15-4-3-12-7-16-11-23(5-6-24(16)18(12)9-15)19(25)13-1-2-14-10-21-22-17(14)8-13/h3-4,7,9-10,13H,1-2,5-6,8,11H2,(H,21,22). The number of nitrogens with zero attached hydrogens (tertiary/aromatic N) is 3. The molecule has 1 aromatic carbocycles. The Hall–Kier alpha value is -2.27. The topological polar surface area (TPSA) is 53.9 Å². The third-order valence-corrected chi connectivity index (χ3v) is 5.81. The predicted molar refractivity (Wildman–Crippen MR) is 96.5 cm³/mol. The number of carbonyl (C=O) groups is 1.